The number of aliphatic hydroxyl groups excluding tert-OH is 1. The molecule has 0 spiro atoms. The molecule has 1 saturated carbocycles. The minimum absolute atomic E-state index is 0.00199. The van der Waals surface area contributed by atoms with Crippen molar-refractivity contribution in [3.05, 3.63) is 0 Å². The molecule has 0 aromatic carbocycles. The molecule has 0 aromatic heterocycles. The van der Waals surface area contributed by atoms with Gasteiger partial charge in [0.05, 0.1) is 5.41 Å². The second-order valence-corrected chi connectivity index (χ2v) is 5.47. The molecule has 1 aliphatic carbocycles. The number of nitrogens with two attached hydrogens (primary N) is 1. The predicted molar refractivity (Wildman–Crippen MR) is 68.4 cm³/mol. The van der Waals surface area contributed by atoms with Gasteiger partial charge in [-0.05, 0) is 25.7 Å². The molecule has 0 heterocycles. The van der Waals surface area contributed by atoms with Crippen molar-refractivity contribution in [2.75, 3.05) is 13.2 Å². The zero-order valence-corrected chi connectivity index (χ0v) is 11.0. The van der Waals surface area contributed by atoms with Crippen LogP contribution in [0, 0.1) is 11.3 Å². The van der Waals surface area contributed by atoms with Crippen LogP contribution in [0.3, 0.4) is 0 Å². The zero-order valence-electron chi connectivity index (χ0n) is 11.0. The molecule has 2 atom stereocenters. The molecule has 0 saturated heterocycles. The molecule has 2 unspecified atom stereocenters. The molecule has 1 aliphatic rings. The Bertz CT molecular complexity index is 250. The van der Waals surface area contributed by atoms with E-state index >= 15 is 0 Å². The lowest BCUT2D eigenvalue weighted by molar-refractivity contribution is -0.133. The Labute approximate surface area is 104 Å². The summed E-state index contributed by atoms with van der Waals surface area (Å²) in [5.74, 6) is 0.157. The number of amides is 1. The summed E-state index contributed by atoms with van der Waals surface area (Å²) in [4.78, 5) is 12.3. The lowest BCUT2D eigenvalue weighted by atomic mass is 9.73. The Morgan fingerprint density at radius 2 is 1.94 bits per heavy atom. The number of carbonyl (C=O) groups is 1. The van der Waals surface area contributed by atoms with Crippen molar-refractivity contribution in [2.24, 2.45) is 17.1 Å². The molecule has 4 N–H and O–H groups in total. The summed E-state index contributed by atoms with van der Waals surface area (Å²) in [7, 11) is 0. The van der Waals surface area contributed by atoms with Gasteiger partial charge in [-0.1, -0.05) is 26.2 Å². The van der Waals surface area contributed by atoms with Gasteiger partial charge in [0.25, 0.3) is 0 Å². The fraction of sp³-hybridized carbons (Fsp3) is 0.923. The summed E-state index contributed by atoms with van der Waals surface area (Å²) < 4.78 is 0. The Morgan fingerprint density at radius 3 is 2.41 bits per heavy atom. The van der Waals surface area contributed by atoms with E-state index in [-0.39, 0.29) is 29.9 Å². The van der Waals surface area contributed by atoms with Crippen molar-refractivity contribution < 1.29 is 9.90 Å². The van der Waals surface area contributed by atoms with Crippen LogP contribution in [0.25, 0.3) is 0 Å². The van der Waals surface area contributed by atoms with Crippen LogP contribution in [0.2, 0.25) is 0 Å². The maximum atomic E-state index is 12.3. The smallest absolute Gasteiger partial charge is 0.227 e. The Morgan fingerprint density at radius 1 is 1.35 bits per heavy atom. The molecular formula is C13H26N2O2. The van der Waals surface area contributed by atoms with Gasteiger partial charge in [-0.2, -0.15) is 0 Å². The van der Waals surface area contributed by atoms with E-state index < -0.39 is 0 Å². The van der Waals surface area contributed by atoms with Gasteiger partial charge in [-0.3, -0.25) is 4.79 Å². The molecule has 0 radical (unpaired) electrons. The van der Waals surface area contributed by atoms with Gasteiger partial charge >= 0.3 is 0 Å². The summed E-state index contributed by atoms with van der Waals surface area (Å²) in [5.41, 5.74) is 5.45. The van der Waals surface area contributed by atoms with Crippen molar-refractivity contribution in [2.45, 2.75) is 52.0 Å². The summed E-state index contributed by atoms with van der Waals surface area (Å²) >= 11 is 0. The number of nitrogens with one attached hydrogen (secondary N) is 1. The van der Waals surface area contributed by atoms with E-state index in [2.05, 4.69) is 5.32 Å². The topological polar surface area (TPSA) is 75.3 Å². The maximum Gasteiger partial charge on any atom is 0.227 e. The van der Waals surface area contributed by atoms with E-state index in [1.807, 2.05) is 13.8 Å². The van der Waals surface area contributed by atoms with E-state index in [0.29, 0.717) is 6.54 Å². The van der Waals surface area contributed by atoms with Gasteiger partial charge in [-0.15, -0.1) is 0 Å². The van der Waals surface area contributed by atoms with Crippen LogP contribution in [0.1, 0.15) is 46.0 Å². The van der Waals surface area contributed by atoms with Crippen LogP contribution in [0.4, 0.5) is 0 Å². The molecule has 1 amide bonds. The number of rotatable bonds is 5. The molecule has 0 aliphatic heterocycles. The number of hydrogen-bond acceptors (Lipinski definition) is 3. The highest BCUT2D eigenvalue weighted by atomic mass is 16.3. The first-order valence-electron chi connectivity index (χ1n) is 6.67. The summed E-state index contributed by atoms with van der Waals surface area (Å²) in [6.07, 6.45) is 5.19. The standard InChI is InChI=1S/C13H26N2O2/c1-10(8-16)11(2)15-12(17)13(9-14)6-4-3-5-7-13/h10-11,16H,3-9,14H2,1-2H3,(H,15,17). The second kappa shape index (κ2) is 6.36. The quantitative estimate of drug-likeness (QED) is 0.674. The summed E-state index contributed by atoms with van der Waals surface area (Å²) in [5, 5.41) is 12.1. The molecular weight excluding hydrogens is 216 g/mol. The van der Waals surface area contributed by atoms with Gasteiger partial charge in [0.1, 0.15) is 0 Å². The van der Waals surface area contributed by atoms with Crippen LogP contribution in [-0.2, 0) is 4.79 Å². The molecule has 4 nitrogen and oxygen atoms in total. The van der Waals surface area contributed by atoms with Crippen molar-refractivity contribution in [1.82, 2.24) is 5.32 Å². The Hall–Kier alpha value is -0.610. The summed E-state index contributed by atoms with van der Waals surface area (Å²) in [6, 6.07) is -0.00199. The highest BCUT2D eigenvalue weighted by molar-refractivity contribution is 5.83. The van der Waals surface area contributed by atoms with E-state index in [1.165, 1.54) is 6.42 Å². The van der Waals surface area contributed by atoms with E-state index in [0.717, 1.165) is 25.7 Å². The highest BCUT2D eigenvalue weighted by Gasteiger charge is 2.38. The van der Waals surface area contributed by atoms with Crippen LogP contribution in [-0.4, -0.2) is 30.2 Å². The minimum atomic E-state index is -0.359. The third kappa shape index (κ3) is 3.42. The Kier molecular flexibility index (Phi) is 5.40. The fourth-order valence-electron chi connectivity index (χ4n) is 2.41. The molecule has 0 aromatic rings. The molecule has 1 fully saturated rings. The highest BCUT2D eigenvalue weighted by Crippen LogP contribution is 2.35. The Balaban J connectivity index is 2.60. The van der Waals surface area contributed by atoms with Crippen LogP contribution < -0.4 is 11.1 Å². The largest absolute Gasteiger partial charge is 0.396 e. The number of carbonyl (C=O) groups excluding carboxylic acids is 1. The lowest BCUT2D eigenvalue weighted by Crippen LogP contribution is -2.51. The number of hydrogen-bond donors (Lipinski definition) is 3. The molecule has 0 bridgehead atoms. The third-order valence-electron chi connectivity index (χ3n) is 4.18. The fourth-order valence-corrected chi connectivity index (χ4v) is 2.41. The average molecular weight is 242 g/mol. The van der Waals surface area contributed by atoms with Crippen molar-refractivity contribution in [3.63, 3.8) is 0 Å². The predicted octanol–water partition coefficient (Wildman–Crippen LogP) is 1.03. The van der Waals surface area contributed by atoms with E-state index in [4.69, 9.17) is 10.8 Å². The van der Waals surface area contributed by atoms with Crippen molar-refractivity contribution in [3.8, 4) is 0 Å². The van der Waals surface area contributed by atoms with Crippen molar-refractivity contribution >= 4 is 5.91 Å². The van der Waals surface area contributed by atoms with E-state index in [9.17, 15) is 4.79 Å². The second-order valence-electron chi connectivity index (χ2n) is 5.47. The molecule has 17 heavy (non-hydrogen) atoms. The first-order valence-corrected chi connectivity index (χ1v) is 6.67. The van der Waals surface area contributed by atoms with Gasteiger partial charge in [-0.25, -0.2) is 0 Å². The van der Waals surface area contributed by atoms with Crippen LogP contribution >= 0.6 is 0 Å². The molecule has 4 heteroatoms. The van der Waals surface area contributed by atoms with Gasteiger partial charge in [0.15, 0.2) is 0 Å². The zero-order chi connectivity index (χ0) is 12.9. The van der Waals surface area contributed by atoms with Crippen molar-refractivity contribution in [1.29, 1.82) is 0 Å². The molecule has 100 valence electrons. The van der Waals surface area contributed by atoms with Crippen LogP contribution in [0.5, 0.6) is 0 Å². The third-order valence-corrected chi connectivity index (χ3v) is 4.18. The monoisotopic (exact) mass is 242 g/mol. The van der Waals surface area contributed by atoms with Gasteiger partial charge in [0.2, 0.25) is 5.91 Å². The average Bonchev–Trinajstić information content (AvgIpc) is 2.38. The first kappa shape index (κ1) is 14.5. The summed E-state index contributed by atoms with van der Waals surface area (Å²) in [6.45, 7) is 4.39. The van der Waals surface area contributed by atoms with Crippen LogP contribution in [0.15, 0.2) is 0 Å². The minimum Gasteiger partial charge on any atom is -0.396 e. The lowest BCUT2D eigenvalue weighted by Gasteiger charge is -2.36. The number of aliphatic hydroxyl groups is 1. The molecule has 1 rings (SSSR count). The van der Waals surface area contributed by atoms with E-state index in [1.54, 1.807) is 0 Å². The van der Waals surface area contributed by atoms with Gasteiger partial charge < -0.3 is 16.2 Å². The first-order chi connectivity index (χ1) is 8.05. The normalized spacial score (nSPS) is 22.8. The SMILES string of the molecule is CC(CO)C(C)NC(=O)C1(CN)CCCCC1. The maximum absolute atomic E-state index is 12.3. The van der Waals surface area contributed by atoms with Gasteiger partial charge in [0, 0.05) is 19.2 Å².